The fraction of sp³-hybridized carbons (Fsp3) is 0.385. The fourth-order valence-corrected chi connectivity index (χ4v) is 4.87. The van der Waals surface area contributed by atoms with Gasteiger partial charge in [-0.1, -0.05) is 36.8 Å². The lowest BCUT2D eigenvalue weighted by atomic mass is 10.1. The Labute approximate surface area is 207 Å². The number of carbonyl (C=O) groups is 1. The average Bonchev–Trinajstić information content (AvgIpc) is 3.30. The van der Waals surface area contributed by atoms with Crippen LogP contribution in [0.25, 0.3) is 28.1 Å². The second-order valence-corrected chi connectivity index (χ2v) is 8.74. The second-order valence-electron chi connectivity index (χ2n) is 8.74. The number of hydrogen-bond donors (Lipinski definition) is 0. The summed E-state index contributed by atoms with van der Waals surface area (Å²) in [5.41, 5.74) is 7.19. The fourth-order valence-electron chi connectivity index (χ4n) is 4.87. The molecule has 0 saturated carbocycles. The summed E-state index contributed by atoms with van der Waals surface area (Å²) in [5.74, 6) is 1.00. The molecule has 1 aliphatic rings. The van der Waals surface area contributed by atoms with Crippen LogP contribution in [0.2, 0.25) is 0 Å². The smallest absolute Gasteiger partial charge is 0.216 e. The molecule has 0 amide bonds. The number of benzene rings is 2. The van der Waals surface area contributed by atoms with Gasteiger partial charge < -0.3 is 4.57 Å². The van der Waals surface area contributed by atoms with E-state index in [2.05, 4.69) is 46.8 Å². The zero-order chi connectivity index (χ0) is 21.5. The Balaban J connectivity index is 0.00000153. The van der Waals surface area contributed by atoms with Crippen molar-refractivity contribution in [3.63, 3.8) is 0 Å². The molecule has 5 nitrogen and oxygen atoms in total. The molecule has 1 saturated heterocycles. The van der Waals surface area contributed by atoms with Gasteiger partial charge in [0.05, 0.1) is 17.6 Å². The molecule has 7 heteroatoms. The van der Waals surface area contributed by atoms with E-state index in [0.29, 0.717) is 12.2 Å². The van der Waals surface area contributed by atoms with Gasteiger partial charge >= 0.3 is 0 Å². The highest BCUT2D eigenvalue weighted by molar-refractivity contribution is 6.04. The summed E-state index contributed by atoms with van der Waals surface area (Å²) in [6.45, 7) is 9.68. The van der Waals surface area contributed by atoms with Crippen LogP contribution < -0.4 is 0 Å². The van der Waals surface area contributed by atoms with E-state index >= 15 is 0 Å². The molecule has 5 rings (SSSR count). The highest BCUT2D eigenvalue weighted by Crippen LogP contribution is 2.32. The van der Waals surface area contributed by atoms with Gasteiger partial charge in [0.25, 0.3) is 0 Å². The van der Waals surface area contributed by atoms with Gasteiger partial charge in [0.2, 0.25) is 5.78 Å². The van der Waals surface area contributed by atoms with Gasteiger partial charge in [-0.3, -0.25) is 14.1 Å². The largest absolute Gasteiger partial charge is 0.310 e. The molecule has 3 heterocycles. The highest BCUT2D eigenvalue weighted by atomic mass is 35.5. The van der Waals surface area contributed by atoms with Gasteiger partial charge in [-0.2, -0.15) is 0 Å². The van der Waals surface area contributed by atoms with Crippen LogP contribution in [-0.2, 0) is 6.54 Å². The zero-order valence-electron chi connectivity index (χ0n) is 19.5. The maximum atomic E-state index is 13.8. The number of ketones is 1. The van der Waals surface area contributed by atoms with Gasteiger partial charge in [-0.25, -0.2) is 4.98 Å². The molecule has 33 heavy (non-hydrogen) atoms. The van der Waals surface area contributed by atoms with Crippen molar-refractivity contribution in [3.05, 3.63) is 59.3 Å². The predicted octanol–water partition coefficient (Wildman–Crippen LogP) is 6.10. The highest BCUT2D eigenvalue weighted by Gasteiger charge is 2.27. The van der Waals surface area contributed by atoms with Crippen molar-refractivity contribution in [3.8, 4) is 11.3 Å². The van der Waals surface area contributed by atoms with Crippen LogP contribution >= 0.6 is 24.8 Å². The molecule has 0 bridgehead atoms. The molecule has 0 unspecified atom stereocenters. The Kier molecular flexibility index (Phi) is 7.88. The van der Waals surface area contributed by atoms with Crippen LogP contribution in [0.15, 0.2) is 42.5 Å². The van der Waals surface area contributed by atoms with Gasteiger partial charge in [0, 0.05) is 12.1 Å². The molecular formula is C26H32Cl2N4O. The van der Waals surface area contributed by atoms with Crippen LogP contribution in [0.5, 0.6) is 0 Å². The van der Waals surface area contributed by atoms with Crippen molar-refractivity contribution in [1.82, 2.24) is 18.9 Å². The SMILES string of the molecule is CCn1c2cc(C)c(C)cc2n2c(C(=O)CN3CCCCC3)c(-c3ccccc3)nc12.Cl.Cl. The lowest BCUT2D eigenvalue weighted by molar-refractivity contribution is 0.0911. The van der Waals surface area contributed by atoms with Crippen LogP contribution in [-0.4, -0.2) is 44.3 Å². The first-order valence-corrected chi connectivity index (χ1v) is 11.4. The number of aryl methyl sites for hydroxylation is 3. The Morgan fingerprint density at radius 2 is 1.58 bits per heavy atom. The molecular weight excluding hydrogens is 455 g/mol. The van der Waals surface area contributed by atoms with E-state index in [1.54, 1.807) is 0 Å². The molecule has 176 valence electrons. The summed E-state index contributed by atoms with van der Waals surface area (Å²) >= 11 is 0. The number of hydrogen-bond acceptors (Lipinski definition) is 3. The van der Waals surface area contributed by atoms with Gasteiger partial charge in [0.15, 0.2) is 5.78 Å². The summed E-state index contributed by atoms with van der Waals surface area (Å²) in [6.07, 6.45) is 3.61. The Morgan fingerprint density at radius 3 is 2.21 bits per heavy atom. The first kappa shape index (κ1) is 25.3. The van der Waals surface area contributed by atoms with Gasteiger partial charge in [-0.15, -0.1) is 24.8 Å². The zero-order valence-corrected chi connectivity index (χ0v) is 21.1. The molecule has 0 N–H and O–H groups in total. The van der Waals surface area contributed by atoms with Crippen molar-refractivity contribution in [2.75, 3.05) is 19.6 Å². The van der Waals surface area contributed by atoms with Crippen LogP contribution in [0, 0.1) is 13.8 Å². The Morgan fingerprint density at radius 1 is 0.939 bits per heavy atom. The molecule has 1 aliphatic heterocycles. The summed E-state index contributed by atoms with van der Waals surface area (Å²) in [4.78, 5) is 21.1. The molecule has 1 fully saturated rings. The van der Waals surface area contributed by atoms with Crippen molar-refractivity contribution in [2.24, 2.45) is 0 Å². The number of imidazole rings is 2. The minimum Gasteiger partial charge on any atom is -0.310 e. The van der Waals surface area contributed by atoms with E-state index in [4.69, 9.17) is 4.98 Å². The second kappa shape index (κ2) is 10.3. The quantitative estimate of drug-likeness (QED) is 0.319. The van der Waals surface area contributed by atoms with Crippen LogP contribution in [0.3, 0.4) is 0 Å². The average molecular weight is 487 g/mol. The summed E-state index contributed by atoms with van der Waals surface area (Å²) in [6, 6.07) is 14.6. The number of nitrogens with zero attached hydrogens (tertiary/aromatic N) is 4. The number of likely N-dealkylation sites (tertiary alicyclic amines) is 1. The lowest BCUT2D eigenvalue weighted by Gasteiger charge is -2.25. The maximum absolute atomic E-state index is 13.8. The van der Waals surface area contributed by atoms with E-state index in [1.165, 1.54) is 30.4 Å². The third-order valence-corrected chi connectivity index (χ3v) is 6.67. The molecule has 0 radical (unpaired) electrons. The first-order valence-electron chi connectivity index (χ1n) is 11.4. The van der Waals surface area contributed by atoms with E-state index in [-0.39, 0.29) is 30.6 Å². The van der Waals surface area contributed by atoms with Crippen molar-refractivity contribution in [2.45, 2.75) is 46.6 Å². The van der Waals surface area contributed by atoms with Crippen molar-refractivity contribution < 1.29 is 4.79 Å². The van der Waals surface area contributed by atoms with E-state index < -0.39 is 0 Å². The topological polar surface area (TPSA) is 42.5 Å². The Hall–Kier alpha value is -2.34. The maximum Gasteiger partial charge on any atom is 0.216 e. The number of carbonyl (C=O) groups excluding carboxylic acids is 1. The molecule has 0 aliphatic carbocycles. The van der Waals surface area contributed by atoms with E-state index in [0.717, 1.165) is 47.7 Å². The Bertz CT molecular complexity index is 1270. The summed E-state index contributed by atoms with van der Waals surface area (Å²) < 4.78 is 4.34. The summed E-state index contributed by atoms with van der Waals surface area (Å²) in [7, 11) is 0. The predicted molar refractivity (Wildman–Crippen MR) is 140 cm³/mol. The summed E-state index contributed by atoms with van der Waals surface area (Å²) in [5, 5.41) is 0. The number of halogens is 2. The molecule has 2 aromatic heterocycles. The number of rotatable bonds is 5. The van der Waals surface area contributed by atoms with Crippen molar-refractivity contribution >= 4 is 47.4 Å². The van der Waals surface area contributed by atoms with E-state index in [1.807, 2.05) is 30.3 Å². The number of piperidine rings is 1. The van der Waals surface area contributed by atoms with E-state index in [9.17, 15) is 4.79 Å². The third-order valence-electron chi connectivity index (χ3n) is 6.67. The molecule has 4 aromatic rings. The number of aromatic nitrogens is 3. The standard InChI is InChI=1S/C26H30N4O.2ClH/c1-4-29-21-15-18(2)19(3)16-22(21)30-25(23(31)17-28-13-9-6-10-14-28)24(27-26(29)30)20-11-7-5-8-12-20;;/h5,7-8,11-12,15-16H,4,6,9-10,13-14,17H2,1-3H3;2*1H. The molecule has 0 spiro atoms. The minimum atomic E-state index is 0. The first-order chi connectivity index (χ1) is 15.1. The van der Waals surface area contributed by atoms with Crippen molar-refractivity contribution in [1.29, 1.82) is 0 Å². The molecule has 2 aromatic carbocycles. The number of fused-ring (bicyclic) bond motifs is 3. The third kappa shape index (κ3) is 4.42. The number of Topliss-reactive ketones (excluding diaryl/α,β-unsaturated/α-hetero) is 1. The molecule has 0 atom stereocenters. The van der Waals surface area contributed by atoms with Gasteiger partial charge in [-0.05, 0) is 70.0 Å². The normalized spacial score (nSPS) is 14.3. The minimum absolute atomic E-state index is 0. The monoisotopic (exact) mass is 486 g/mol. The van der Waals surface area contributed by atoms with Crippen LogP contribution in [0.4, 0.5) is 0 Å². The van der Waals surface area contributed by atoms with Crippen LogP contribution in [0.1, 0.15) is 47.8 Å². The lowest BCUT2D eigenvalue weighted by Crippen LogP contribution is -2.35. The van der Waals surface area contributed by atoms with Gasteiger partial charge in [0.1, 0.15) is 11.4 Å².